The highest BCUT2D eigenvalue weighted by Gasteiger charge is 2.38. The van der Waals surface area contributed by atoms with Crippen molar-refractivity contribution in [3.8, 4) is 0 Å². The summed E-state index contributed by atoms with van der Waals surface area (Å²) in [6.45, 7) is 1.30. The number of hydrogen-bond acceptors (Lipinski definition) is 3. The van der Waals surface area contributed by atoms with Crippen molar-refractivity contribution in [2.24, 2.45) is 5.73 Å². The molecule has 24 heavy (non-hydrogen) atoms. The first-order valence-corrected chi connectivity index (χ1v) is 8.26. The number of halogens is 1. The molecule has 8 heteroatoms. The summed E-state index contributed by atoms with van der Waals surface area (Å²) < 4.78 is 0. The summed E-state index contributed by atoms with van der Waals surface area (Å²) in [6, 6.07) is 5.93. The van der Waals surface area contributed by atoms with Crippen LogP contribution in [0.15, 0.2) is 24.3 Å². The fraction of sp³-hybridized carbons (Fsp3) is 0.438. The SMILES string of the molecule is NC(=O)N1CCCC1C(=O)N1CCN(c2cccc(Cl)c2)C(=O)C1. The first kappa shape index (κ1) is 16.6. The van der Waals surface area contributed by atoms with Gasteiger partial charge in [0.05, 0.1) is 0 Å². The summed E-state index contributed by atoms with van der Waals surface area (Å²) in [5.41, 5.74) is 6.05. The Hall–Kier alpha value is -2.28. The van der Waals surface area contributed by atoms with Gasteiger partial charge in [-0.15, -0.1) is 0 Å². The average molecular weight is 351 g/mol. The van der Waals surface area contributed by atoms with E-state index in [9.17, 15) is 14.4 Å². The van der Waals surface area contributed by atoms with Crippen LogP contribution in [0, 0.1) is 0 Å². The van der Waals surface area contributed by atoms with Crippen molar-refractivity contribution in [2.45, 2.75) is 18.9 Å². The second-order valence-electron chi connectivity index (χ2n) is 5.97. The van der Waals surface area contributed by atoms with E-state index in [4.69, 9.17) is 17.3 Å². The highest BCUT2D eigenvalue weighted by molar-refractivity contribution is 6.30. The molecule has 7 nitrogen and oxygen atoms in total. The summed E-state index contributed by atoms with van der Waals surface area (Å²) in [6.07, 6.45) is 1.33. The normalized spacial score (nSPS) is 21.3. The predicted octanol–water partition coefficient (Wildman–Crippen LogP) is 1.06. The molecule has 2 saturated heterocycles. The van der Waals surface area contributed by atoms with Gasteiger partial charge in [0.2, 0.25) is 11.8 Å². The van der Waals surface area contributed by atoms with Crippen LogP contribution in [-0.4, -0.2) is 59.9 Å². The number of rotatable bonds is 2. The molecule has 0 bridgehead atoms. The molecule has 0 spiro atoms. The van der Waals surface area contributed by atoms with Crippen LogP contribution in [-0.2, 0) is 9.59 Å². The van der Waals surface area contributed by atoms with E-state index in [2.05, 4.69) is 0 Å². The van der Waals surface area contributed by atoms with Crippen molar-refractivity contribution in [3.63, 3.8) is 0 Å². The van der Waals surface area contributed by atoms with Crippen molar-refractivity contribution >= 4 is 35.1 Å². The molecule has 2 N–H and O–H groups in total. The molecule has 1 aromatic carbocycles. The summed E-state index contributed by atoms with van der Waals surface area (Å²) in [7, 11) is 0. The zero-order chi connectivity index (χ0) is 17.3. The number of primary amides is 1. The number of urea groups is 1. The largest absolute Gasteiger partial charge is 0.351 e. The van der Waals surface area contributed by atoms with Crippen molar-refractivity contribution in [1.29, 1.82) is 0 Å². The van der Waals surface area contributed by atoms with Crippen LogP contribution < -0.4 is 10.6 Å². The lowest BCUT2D eigenvalue weighted by Crippen LogP contribution is -2.57. The fourth-order valence-corrected chi connectivity index (χ4v) is 3.46. The third-order valence-corrected chi connectivity index (χ3v) is 4.71. The summed E-state index contributed by atoms with van der Waals surface area (Å²) in [4.78, 5) is 41.0. The van der Waals surface area contributed by atoms with Crippen molar-refractivity contribution < 1.29 is 14.4 Å². The maximum atomic E-state index is 12.6. The molecule has 0 aromatic heterocycles. The maximum absolute atomic E-state index is 12.6. The molecule has 2 aliphatic rings. The topological polar surface area (TPSA) is 86.9 Å². The minimum Gasteiger partial charge on any atom is -0.351 e. The van der Waals surface area contributed by atoms with Crippen LogP contribution in [0.2, 0.25) is 5.02 Å². The predicted molar refractivity (Wildman–Crippen MR) is 89.7 cm³/mol. The third kappa shape index (κ3) is 3.17. The highest BCUT2D eigenvalue weighted by Crippen LogP contribution is 2.23. The van der Waals surface area contributed by atoms with Gasteiger partial charge in [0.1, 0.15) is 12.6 Å². The lowest BCUT2D eigenvalue weighted by molar-refractivity contribution is -0.139. The van der Waals surface area contributed by atoms with Gasteiger partial charge in [0.25, 0.3) is 0 Å². The van der Waals surface area contributed by atoms with Crippen LogP contribution in [0.25, 0.3) is 0 Å². The number of hydrogen-bond donors (Lipinski definition) is 1. The van der Waals surface area contributed by atoms with Crippen LogP contribution >= 0.6 is 11.6 Å². The molecule has 3 rings (SSSR count). The average Bonchev–Trinajstić information content (AvgIpc) is 3.04. The third-order valence-electron chi connectivity index (χ3n) is 4.47. The van der Waals surface area contributed by atoms with Gasteiger partial charge in [-0.1, -0.05) is 17.7 Å². The Morgan fingerprint density at radius 3 is 2.67 bits per heavy atom. The van der Waals surface area contributed by atoms with E-state index in [0.717, 1.165) is 12.1 Å². The number of piperazine rings is 1. The lowest BCUT2D eigenvalue weighted by Gasteiger charge is -2.36. The second kappa shape index (κ2) is 6.68. The zero-order valence-electron chi connectivity index (χ0n) is 13.2. The molecule has 1 unspecified atom stereocenters. The molecule has 1 aromatic rings. The van der Waals surface area contributed by atoms with Crippen molar-refractivity contribution in [1.82, 2.24) is 9.80 Å². The molecule has 1 atom stereocenters. The fourth-order valence-electron chi connectivity index (χ4n) is 3.28. The molecule has 2 heterocycles. The standard InChI is InChI=1S/C16H19ClN4O3/c17-11-3-1-4-12(9-11)20-8-7-19(10-14(20)22)15(23)13-5-2-6-21(13)16(18)24/h1,3-4,9,13H,2,5-8,10H2,(H2,18,24). The number of anilines is 1. The van der Waals surface area contributed by atoms with Crippen molar-refractivity contribution in [2.75, 3.05) is 31.1 Å². The minimum absolute atomic E-state index is 0.00551. The Morgan fingerprint density at radius 2 is 2.00 bits per heavy atom. The molecular weight excluding hydrogens is 332 g/mol. The Morgan fingerprint density at radius 1 is 1.21 bits per heavy atom. The molecular formula is C16H19ClN4O3. The molecule has 2 fully saturated rings. The number of carbonyl (C=O) groups is 3. The molecule has 128 valence electrons. The number of nitrogens with two attached hydrogens (primary N) is 1. The summed E-state index contributed by atoms with van der Waals surface area (Å²) >= 11 is 5.97. The van der Waals surface area contributed by atoms with E-state index in [0.29, 0.717) is 31.1 Å². The van der Waals surface area contributed by atoms with E-state index in [1.54, 1.807) is 23.1 Å². The molecule has 0 saturated carbocycles. The van der Waals surface area contributed by atoms with Gasteiger partial charge >= 0.3 is 6.03 Å². The van der Waals surface area contributed by atoms with Gasteiger partial charge in [0.15, 0.2) is 0 Å². The van der Waals surface area contributed by atoms with E-state index < -0.39 is 12.1 Å². The molecule has 0 aliphatic carbocycles. The van der Waals surface area contributed by atoms with E-state index >= 15 is 0 Å². The lowest BCUT2D eigenvalue weighted by atomic mass is 10.1. The smallest absolute Gasteiger partial charge is 0.315 e. The second-order valence-corrected chi connectivity index (χ2v) is 6.41. The number of carbonyl (C=O) groups excluding carboxylic acids is 3. The Balaban J connectivity index is 1.68. The van der Waals surface area contributed by atoms with Gasteiger partial charge in [-0.3, -0.25) is 9.59 Å². The van der Waals surface area contributed by atoms with Crippen LogP contribution in [0.1, 0.15) is 12.8 Å². The number of amides is 4. The molecule has 2 aliphatic heterocycles. The van der Waals surface area contributed by atoms with Gasteiger partial charge in [0, 0.05) is 30.3 Å². The minimum atomic E-state index is -0.588. The first-order chi connectivity index (χ1) is 11.5. The monoisotopic (exact) mass is 350 g/mol. The number of nitrogens with zero attached hydrogens (tertiary/aromatic N) is 3. The Kier molecular flexibility index (Phi) is 4.62. The summed E-state index contributed by atoms with van der Waals surface area (Å²) in [5, 5.41) is 0.557. The van der Waals surface area contributed by atoms with Crippen LogP contribution in [0.5, 0.6) is 0 Å². The van der Waals surface area contributed by atoms with E-state index in [1.807, 2.05) is 6.07 Å². The van der Waals surface area contributed by atoms with Crippen LogP contribution in [0.3, 0.4) is 0 Å². The highest BCUT2D eigenvalue weighted by atomic mass is 35.5. The molecule has 0 radical (unpaired) electrons. The Labute approximate surface area is 144 Å². The van der Waals surface area contributed by atoms with Gasteiger partial charge in [-0.2, -0.15) is 0 Å². The zero-order valence-corrected chi connectivity index (χ0v) is 13.9. The maximum Gasteiger partial charge on any atom is 0.315 e. The van der Waals surface area contributed by atoms with Crippen molar-refractivity contribution in [3.05, 3.63) is 29.3 Å². The van der Waals surface area contributed by atoms with Gasteiger partial charge < -0.3 is 20.4 Å². The summed E-state index contributed by atoms with van der Waals surface area (Å²) in [5.74, 6) is -0.370. The molecule has 4 amide bonds. The van der Waals surface area contributed by atoms with Gasteiger partial charge in [-0.25, -0.2) is 4.79 Å². The van der Waals surface area contributed by atoms with E-state index in [-0.39, 0.29) is 18.4 Å². The number of likely N-dealkylation sites (tertiary alicyclic amines) is 1. The van der Waals surface area contributed by atoms with Gasteiger partial charge in [-0.05, 0) is 31.0 Å². The first-order valence-electron chi connectivity index (χ1n) is 7.88. The quantitative estimate of drug-likeness (QED) is 0.865. The number of benzene rings is 1. The van der Waals surface area contributed by atoms with E-state index in [1.165, 1.54) is 9.80 Å². The Bertz CT molecular complexity index is 681. The van der Waals surface area contributed by atoms with Crippen LogP contribution in [0.4, 0.5) is 10.5 Å².